The van der Waals surface area contributed by atoms with Crippen LogP contribution in [0.3, 0.4) is 0 Å². The van der Waals surface area contributed by atoms with Gasteiger partial charge in [0.1, 0.15) is 35.7 Å². The molecule has 14 fully saturated rings. The molecule has 9 amide bonds. The van der Waals surface area contributed by atoms with Crippen LogP contribution in [0.4, 0.5) is 13.2 Å². The van der Waals surface area contributed by atoms with E-state index in [1.807, 2.05) is 19.6 Å². The van der Waals surface area contributed by atoms with E-state index in [1.54, 1.807) is 47.3 Å². The third-order valence-corrected chi connectivity index (χ3v) is 24.4. The molecule has 5 N–H and O–H groups in total. The standard InChI is InChI=1S/3C16H24N4O2.C9H10F3NO2.C9H13NO2.C7H11N3O.3ClH/c3*1-11(21)19-9-12-5-14(6-13(12)10-19)18-8-16(22)20-4-2-3-15(20)7-17;10-9(11,12)8(15)13-3-5-1-7(14)2-6(5)4-13;1-6(11)10-4-7-2-9(12)3-8(7)5-10;8-4-6-2-1-3-10(6)7(11)5-9;;;/h3*12-15,18H,2-6,8-10H2,1H3;5-6H,1-4H2;7-8H,2-5H2,1H3;6H,1-3,5,9H2;3*1H/t3*12-,13+,14?,15-;5-,6+;7-,8+;6-;;;/m000..0.../s1. The lowest BCUT2D eigenvalue weighted by atomic mass is 10.0. The first-order valence-electron chi connectivity index (χ1n) is 37.7. The Morgan fingerprint density at radius 3 is 0.804 bits per heavy atom. The molecule has 0 aromatic heterocycles. The molecule has 0 aromatic carbocycles. The SMILES string of the molecule is CC(=O)N1C[C@H]2CC(=O)C[C@H]2C1.CC(=O)N1C[C@H]2CC(NCC(=O)N3CCC[C@H]3C#N)C[C@H]2C1.CC(=O)N1C[C@H]2CC(NCC(=O)N3CCC[C@H]3C#N)C[C@H]2C1.CC(=O)N1C[C@H]2CC(NCC(=O)N3CCC[C@H]3C#N)C[C@H]2C1.Cl.Cl.Cl.N#C[C@@H]1CCCN1C(=O)CN.O=C1C[C@@H]2CN(C(=O)C(F)(F)F)C[C@@H]2C1. The number of nitrogens with two attached hydrogens (primary N) is 1. The molecular formula is C73H109Cl3F3N17O11. The van der Waals surface area contributed by atoms with Gasteiger partial charge in [0.2, 0.25) is 47.3 Å². The normalized spacial score (nSPS) is 31.4. The van der Waals surface area contributed by atoms with Gasteiger partial charge in [-0.05, 0) is 149 Å². The fourth-order valence-electron chi connectivity index (χ4n) is 18.8. The van der Waals surface area contributed by atoms with E-state index in [4.69, 9.17) is 26.8 Å². The summed E-state index contributed by atoms with van der Waals surface area (Å²) in [5.41, 5.74) is 5.17. The van der Waals surface area contributed by atoms with Gasteiger partial charge in [-0.2, -0.15) is 34.2 Å². The molecule has 5 saturated carbocycles. The number of nitriles is 4. The zero-order valence-corrected chi connectivity index (χ0v) is 64.5. The number of nitrogens with one attached hydrogen (secondary N) is 3. The van der Waals surface area contributed by atoms with Gasteiger partial charge in [-0.3, -0.25) is 52.7 Å². The molecule has 594 valence electrons. The average molecular weight is 1560 g/mol. The largest absolute Gasteiger partial charge is 0.471 e. The number of nitrogens with zero attached hydrogens (tertiary/aromatic N) is 13. The Bertz CT molecular complexity index is 3070. The number of fused-ring (bicyclic) bond motifs is 5. The summed E-state index contributed by atoms with van der Waals surface area (Å²) in [6, 6.07) is 8.89. The second-order valence-electron chi connectivity index (χ2n) is 31.2. The molecule has 5 aliphatic carbocycles. The fourth-order valence-corrected chi connectivity index (χ4v) is 18.8. The van der Waals surface area contributed by atoms with E-state index in [0.29, 0.717) is 143 Å². The highest BCUT2D eigenvalue weighted by molar-refractivity contribution is 5.86. The number of halogens is 6. The molecule has 0 radical (unpaired) electrons. The van der Waals surface area contributed by atoms with Crippen LogP contribution < -0.4 is 21.7 Å². The van der Waals surface area contributed by atoms with E-state index in [-0.39, 0.29) is 146 Å². The van der Waals surface area contributed by atoms with E-state index in [2.05, 4.69) is 40.2 Å². The number of hydrogen-bond acceptors (Lipinski definition) is 19. The van der Waals surface area contributed by atoms with Crippen molar-refractivity contribution in [3.8, 4) is 24.3 Å². The Balaban J connectivity index is 0.000000204. The second kappa shape index (κ2) is 40.6. The molecule has 9 saturated heterocycles. The molecular weight excluding hydrogens is 1450 g/mol. The summed E-state index contributed by atoms with van der Waals surface area (Å²) >= 11 is 0. The summed E-state index contributed by atoms with van der Waals surface area (Å²) in [7, 11) is 0. The molecule has 28 nitrogen and oxygen atoms in total. The third kappa shape index (κ3) is 23.3. The van der Waals surface area contributed by atoms with Crippen LogP contribution in [0.5, 0.6) is 0 Å². The van der Waals surface area contributed by atoms with Crippen LogP contribution in [0.1, 0.15) is 143 Å². The van der Waals surface area contributed by atoms with Crippen LogP contribution in [0.15, 0.2) is 0 Å². The highest BCUT2D eigenvalue weighted by Crippen LogP contribution is 2.42. The summed E-state index contributed by atoms with van der Waals surface area (Å²) in [5.74, 6) is 3.72. The number of ketones is 2. The van der Waals surface area contributed by atoms with Gasteiger partial charge in [-0.15, -0.1) is 37.2 Å². The number of rotatable bonds is 10. The van der Waals surface area contributed by atoms with E-state index < -0.39 is 12.1 Å². The van der Waals surface area contributed by atoms with Crippen molar-refractivity contribution in [3.05, 3.63) is 0 Å². The molecule has 0 aromatic rings. The van der Waals surface area contributed by atoms with Crippen molar-refractivity contribution in [2.75, 3.05) is 118 Å². The maximum atomic E-state index is 12.2. The molecule has 0 bridgehead atoms. The minimum Gasteiger partial charge on any atom is -0.342 e. The van der Waals surface area contributed by atoms with Gasteiger partial charge in [-0.25, -0.2) is 0 Å². The Labute approximate surface area is 644 Å². The van der Waals surface area contributed by atoms with Crippen molar-refractivity contribution in [3.63, 3.8) is 0 Å². The summed E-state index contributed by atoms with van der Waals surface area (Å²) in [5, 5.41) is 45.9. The number of amides is 9. The Morgan fingerprint density at radius 1 is 0.383 bits per heavy atom. The van der Waals surface area contributed by atoms with Crippen LogP contribution in [0, 0.1) is 105 Å². The zero-order valence-electron chi connectivity index (χ0n) is 62.0. The highest BCUT2D eigenvalue weighted by atomic mass is 35.5. The van der Waals surface area contributed by atoms with Gasteiger partial charge >= 0.3 is 12.1 Å². The highest BCUT2D eigenvalue weighted by Gasteiger charge is 2.50. The van der Waals surface area contributed by atoms with Gasteiger partial charge in [0.15, 0.2) is 0 Å². The van der Waals surface area contributed by atoms with Gasteiger partial charge < -0.3 is 65.8 Å². The number of Topliss-reactive ketones (excluding diaryl/α,β-unsaturated/α-hetero) is 2. The molecule has 14 aliphatic rings. The van der Waals surface area contributed by atoms with Crippen LogP contribution in [0.2, 0.25) is 0 Å². The van der Waals surface area contributed by atoms with Crippen molar-refractivity contribution in [1.82, 2.24) is 60.0 Å². The predicted octanol–water partition coefficient (Wildman–Crippen LogP) is 3.20. The first-order chi connectivity index (χ1) is 49.6. The molecule has 34 heteroatoms. The van der Waals surface area contributed by atoms with Crippen molar-refractivity contribution in [2.24, 2.45) is 64.9 Å². The van der Waals surface area contributed by atoms with Crippen LogP contribution in [0.25, 0.3) is 0 Å². The molecule has 9 heterocycles. The minimum atomic E-state index is -4.79. The van der Waals surface area contributed by atoms with Crippen molar-refractivity contribution < 1.29 is 65.9 Å². The van der Waals surface area contributed by atoms with Crippen LogP contribution in [-0.4, -0.2) is 275 Å². The maximum absolute atomic E-state index is 12.2. The second-order valence-corrected chi connectivity index (χ2v) is 31.2. The third-order valence-electron chi connectivity index (χ3n) is 24.4. The van der Waals surface area contributed by atoms with Crippen molar-refractivity contribution in [2.45, 2.75) is 192 Å². The Kier molecular flexibility index (Phi) is 33.8. The van der Waals surface area contributed by atoms with Crippen LogP contribution in [-0.2, 0) is 52.7 Å². The Morgan fingerprint density at radius 2 is 0.598 bits per heavy atom. The summed E-state index contributed by atoms with van der Waals surface area (Å²) in [6.45, 7) is 17.3. The van der Waals surface area contributed by atoms with E-state index in [1.165, 1.54) is 0 Å². The molecule has 17 atom stereocenters. The van der Waals surface area contributed by atoms with Crippen LogP contribution >= 0.6 is 37.2 Å². The van der Waals surface area contributed by atoms with E-state index in [0.717, 1.165) is 147 Å². The summed E-state index contributed by atoms with van der Waals surface area (Å²) in [4.78, 5) is 141. The lowest BCUT2D eigenvalue weighted by Crippen LogP contribution is -2.43. The lowest BCUT2D eigenvalue weighted by Gasteiger charge is -2.22. The first kappa shape index (κ1) is 88.9. The number of alkyl halides is 3. The quantitative estimate of drug-likeness (QED) is 0.244. The number of carbonyl (C=O) groups is 11. The molecule has 0 spiro atoms. The first-order valence-corrected chi connectivity index (χ1v) is 37.7. The molecule has 107 heavy (non-hydrogen) atoms. The smallest absolute Gasteiger partial charge is 0.342 e. The molecule has 9 aliphatic heterocycles. The monoisotopic (exact) mass is 1560 g/mol. The number of hydrogen-bond donors (Lipinski definition) is 4. The van der Waals surface area contributed by atoms with Gasteiger partial charge in [-0.1, -0.05) is 0 Å². The van der Waals surface area contributed by atoms with Gasteiger partial charge in [0.25, 0.3) is 0 Å². The number of carbonyl (C=O) groups excluding carboxylic acids is 11. The fraction of sp³-hybridized carbons (Fsp3) is 0.795. The lowest BCUT2D eigenvalue weighted by molar-refractivity contribution is -0.184. The molecule has 3 unspecified atom stereocenters. The van der Waals surface area contributed by atoms with Gasteiger partial charge in [0, 0.05) is 163 Å². The predicted molar refractivity (Wildman–Crippen MR) is 390 cm³/mol. The average Bonchev–Trinajstić information content (AvgIpc) is 1.68. The summed E-state index contributed by atoms with van der Waals surface area (Å²) in [6.07, 6.45) is 10.4. The maximum Gasteiger partial charge on any atom is 0.471 e. The zero-order chi connectivity index (χ0) is 75.3. The van der Waals surface area contributed by atoms with E-state index >= 15 is 0 Å². The van der Waals surface area contributed by atoms with Crippen molar-refractivity contribution in [1.29, 1.82) is 21.0 Å². The Hall–Kier alpha value is -6.97. The molecule has 14 rings (SSSR count). The number of likely N-dealkylation sites (tertiary alicyclic amines) is 9. The topological polar surface area (TPSA) is 374 Å². The van der Waals surface area contributed by atoms with Gasteiger partial charge in [0.05, 0.1) is 50.5 Å². The minimum absolute atomic E-state index is 0. The summed E-state index contributed by atoms with van der Waals surface area (Å²) < 4.78 is 36.3. The van der Waals surface area contributed by atoms with E-state index in [9.17, 15) is 65.9 Å². The van der Waals surface area contributed by atoms with Crippen molar-refractivity contribution >= 4 is 102 Å².